The van der Waals surface area contributed by atoms with Crippen LogP contribution in [0.25, 0.3) is 33.6 Å². The number of aromatic nitrogens is 4. The van der Waals surface area contributed by atoms with Crippen LogP contribution >= 0.6 is 0 Å². The van der Waals surface area contributed by atoms with E-state index < -0.39 is 0 Å². The van der Waals surface area contributed by atoms with Crippen molar-refractivity contribution in [3.05, 3.63) is 72.1 Å². The van der Waals surface area contributed by atoms with Gasteiger partial charge in [-0.25, -0.2) is 9.97 Å². The first-order valence-electron chi connectivity index (χ1n) is 14.6. The summed E-state index contributed by atoms with van der Waals surface area (Å²) in [5, 5.41) is 3.57. The van der Waals surface area contributed by atoms with Gasteiger partial charge in [0.15, 0.2) is 6.29 Å². The Morgan fingerprint density at radius 1 is 0.718 bits per heavy atom. The van der Waals surface area contributed by atoms with Crippen LogP contribution in [0.1, 0.15) is 74.2 Å². The highest BCUT2D eigenvalue weighted by Gasteiger charge is 2.25. The van der Waals surface area contributed by atoms with Crippen molar-refractivity contribution < 1.29 is 9.47 Å². The van der Waals surface area contributed by atoms with Gasteiger partial charge in [-0.1, -0.05) is 61.4 Å². The van der Waals surface area contributed by atoms with Crippen molar-refractivity contribution in [1.82, 2.24) is 25.3 Å². The van der Waals surface area contributed by atoms with Gasteiger partial charge in [0.25, 0.3) is 0 Å². The van der Waals surface area contributed by atoms with Gasteiger partial charge in [-0.15, -0.1) is 0 Å². The van der Waals surface area contributed by atoms with Crippen molar-refractivity contribution in [2.75, 3.05) is 19.8 Å². The third kappa shape index (κ3) is 5.31. The minimum atomic E-state index is -0.230. The summed E-state index contributed by atoms with van der Waals surface area (Å²) in [4.78, 5) is 16.9. The molecule has 0 unspecified atom stereocenters. The average molecular weight is 524 g/mol. The topological polar surface area (TPSA) is 87.9 Å². The van der Waals surface area contributed by atoms with Crippen LogP contribution in [-0.2, 0) is 15.9 Å². The van der Waals surface area contributed by atoms with E-state index in [1.165, 1.54) is 48.8 Å². The van der Waals surface area contributed by atoms with Gasteiger partial charge >= 0.3 is 0 Å². The highest BCUT2D eigenvalue weighted by atomic mass is 16.7. The van der Waals surface area contributed by atoms with E-state index in [1.807, 2.05) is 6.20 Å². The zero-order valence-corrected chi connectivity index (χ0v) is 22.4. The molecule has 4 aromatic rings. The highest BCUT2D eigenvalue weighted by Crippen LogP contribution is 2.34. The Labute approximate surface area is 229 Å². The number of nitrogens with one attached hydrogen (secondary N) is 3. The maximum atomic E-state index is 5.86. The summed E-state index contributed by atoms with van der Waals surface area (Å²) in [5.41, 5.74) is 7.88. The highest BCUT2D eigenvalue weighted by molar-refractivity contribution is 5.72. The number of ether oxygens (including phenoxy) is 2. The largest absolute Gasteiger partial charge is 0.352 e. The molecule has 2 aromatic heterocycles. The Kier molecular flexibility index (Phi) is 7.03. The number of hydrogen-bond acceptors (Lipinski definition) is 5. The molecule has 3 aliphatic rings. The van der Waals surface area contributed by atoms with E-state index in [1.54, 1.807) is 0 Å². The van der Waals surface area contributed by atoms with E-state index in [0.717, 1.165) is 66.9 Å². The fraction of sp³-hybridized carbons (Fsp3) is 0.438. The van der Waals surface area contributed by atoms with Crippen LogP contribution in [0.2, 0.25) is 0 Å². The van der Waals surface area contributed by atoms with E-state index in [2.05, 4.69) is 68.8 Å². The van der Waals surface area contributed by atoms with Gasteiger partial charge in [0.05, 0.1) is 42.5 Å². The molecule has 2 saturated heterocycles. The molecule has 202 valence electrons. The van der Waals surface area contributed by atoms with Crippen LogP contribution in [0.3, 0.4) is 0 Å². The van der Waals surface area contributed by atoms with E-state index >= 15 is 0 Å². The lowest BCUT2D eigenvalue weighted by Gasteiger charge is -2.22. The second-order valence-electron chi connectivity index (χ2n) is 11.1. The van der Waals surface area contributed by atoms with Gasteiger partial charge in [0.1, 0.15) is 11.6 Å². The van der Waals surface area contributed by atoms with Crippen LogP contribution in [0.15, 0.2) is 54.7 Å². The van der Waals surface area contributed by atoms with Crippen molar-refractivity contribution >= 4 is 0 Å². The molecule has 7 heteroatoms. The zero-order chi connectivity index (χ0) is 26.0. The fourth-order valence-corrected chi connectivity index (χ4v) is 6.27. The molecular weight excluding hydrogens is 486 g/mol. The van der Waals surface area contributed by atoms with Crippen LogP contribution in [0.5, 0.6) is 0 Å². The molecule has 2 aliphatic heterocycles. The number of imidazole rings is 2. The summed E-state index contributed by atoms with van der Waals surface area (Å²) >= 11 is 0. The molecule has 4 heterocycles. The molecule has 1 saturated carbocycles. The van der Waals surface area contributed by atoms with Crippen LogP contribution in [-0.4, -0.2) is 46.0 Å². The molecule has 1 atom stereocenters. The Bertz CT molecular complexity index is 1370. The van der Waals surface area contributed by atoms with Gasteiger partial charge in [-0.05, 0) is 60.9 Å². The van der Waals surface area contributed by atoms with E-state index in [9.17, 15) is 0 Å². The molecule has 0 spiro atoms. The molecular formula is C32H37N5O2. The molecule has 2 aromatic carbocycles. The van der Waals surface area contributed by atoms with Crippen molar-refractivity contribution in [2.24, 2.45) is 0 Å². The first-order chi connectivity index (χ1) is 19.3. The second-order valence-corrected chi connectivity index (χ2v) is 11.1. The first-order valence-corrected chi connectivity index (χ1v) is 14.6. The molecule has 7 rings (SSSR count). The van der Waals surface area contributed by atoms with E-state index in [-0.39, 0.29) is 12.3 Å². The van der Waals surface area contributed by atoms with Crippen molar-refractivity contribution in [1.29, 1.82) is 0 Å². The molecule has 0 amide bonds. The number of benzene rings is 2. The quantitative estimate of drug-likeness (QED) is 0.257. The van der Waals surface area contributed by atoms with Crippen LogP contribution in [0, 0.1) is 0 Å². The van der Waals surface area contributed by atoms with Gasteiger partial charge in [-0.2, -0.15) is 0 Å². The Morgan fingerprint density at radius 2 is 1.41 bits per heavy atom. The number of nitrogens with zero attached hydrogens (tertiary/aromatic N) is 2. The fourth-order valence-electron chi connectivity index (χ4n) is 6.27. The standard InChI is InChI=1S/C32H37N5O2/c1-2-6-25(5-1)31-34-20-28(36-31)23-12-8-21(9-13-23)22-10-14-24(15-11-22)30-27(19-29-38-17-4-18-39-29)35-32(37-30)26-7-3-16-33-26/h8-15,20,25-26,29,33H,1-7,16-19H2,(H,34,36)(H,35,37)/t26-/m0/s1. The lowest BCUT2D eigenvalue weighted by Crippen LogP contribution is -2.27. The Balaban J connectivity index is 1.10. The predicted molar refractivity (Wildman–Crippen MR) is 152 cm³/mol. The van der Waals surface area contributed by atoms with Gasteiger partial charge in [-0.3, -0.25) is 0 Å². The van der Waals surface area contributed by atoms with Crippen LogP contribution < -0.4 is 5.32 Å². The van der Waals surface area contributed by atoms with E-state index in [4.69, 9.17) is 14.5 Å². The molecule has 3 fully saturated rings. The summed E-state index contributed by atoms with van der Waals surface area (Å²) in [6.07, 6.45) is 10.8. The van der Waals surface area contributed by atoms with Gasteiger partial charge in [0.2, 0.25) is 0 Å². The predicted octanol–water partition coefficient (Wildman–Crippen LogP) is 6.52. The molecule has 3 N–H and O–H groups in total. The summed E-state index contributed by atoms with van der Waals surface area (Å²) < 4.78 is 11.7. The molecule has 0 bridgehead atoms. The summed E-state index contributed by atoms with van der Waals surface area (Å²) in [7, 11) is 0. The number of H-pyrrole nitrogens is 2. The summed E-state index contributed by atoms with van der Waals surface area (Å²) in [6.45, 7) is 2.54. The zero-order valence-electron chi connectivity index (χ0n) is 22.4. The van der Waals surface area contributed by atoms with Crippen LogP contribution in [0.4, 0.5) is 0 Å². The molecule has 7 nitrogen and oxygen atoms in total. The van der Waals surface area contributed by atoms with Gasteiger partial charge in [0, 0.05) is 12.3 Å². The number of rotatable bonds is 7. The minimum absolute atomic E-state index is 0.230. The lowest BCUT2D eigenvalue weighted by molar-refractivity contribution is -0.177. The average Bonchev–Trinajstić information content (AvgIpc) is 3.81. The lowest BCUT2D eigenvalue weighted by atomic mass is 10.00. The molecule has 0 radical (unpaired) electrons. The summed E-state index contributed by atoms with van der Waals surface area (Å²) in [6, 6.07) is 17.8. The third-order valence-corrected chi connectivity index (χ3v) is 8.48. The van der Waals surface area contributed by atoms with E-state index in [0.29, 0.717) is 12.3 Å². The monoisotopic (exact) mass is 523 g/mol. The van der Waals surface area contributed by atoms with Gasteiger partial charge < -0.3 is 24.8 Å². The minimum Gasteiger partial charge on any atom is -0.352 e. The normalized spacial score (nSPS) is 20.7. The number of aromatic amines is 2. The maximum absolute atomic E-state index is 5.86. The third-order valence-electron chi connectivity index (χ3n) is 8.48. The maximum Gasteiger partial charge on any atom is 0.163 e. The van der Waals surface area contributed by atoms with Crippen molar-refractivity contribution in [3.8, 4) is 33.6 Å². The molecule has 39 heavy (non-hydrogen) atoms. The van der Waals surface area contributed by atoms with Crippen molar-refractivity contribution in [2.45, 2.75) is 69.6 Å². The number of hydrogen-bond donors (Lipinski definition) is 3. The smallest absolute Gasteiger partial charge is 0.163 e. The van der Waals surface area contributed by atoms with Crippen molar-refractivity contribution in [3.63, 3.8) is 0 Å². The Morgan fingerprint density at radius 3 is 2.10 bits per heavy atom. The summed E-state index contributed by atoms with van der Waals surface area (Å²) in [5.74, 6) is 2.76. The first kappa shape index (κ1) is 24.8. The SMILES string of the molecule is c1cc(-c2cnc(C3CCCC3)[nH]2)ccc1-c1ccc(-c2[nH]c([C@@H]3CCCN3)nc2CC2OCCCO2)cc1. The molecule has 1 aliphatic carbocycles. The Hall–Kier alpha value is -3.26. The second kappa shape index (κ2) is 11.1.